The summed E-state index contributed by atoms with van der Waals surface area (Å²) in [6, 6.07) is 4.70. The summed E-state index contributed by atoms with van der Waals surface area (Å²) in [5.41, 5.74) is 0.0973. The Morgan fingerprint density at radius 2 is 2.00 bits per heavy atom. The summed E-state index contributed by atoms with van der Waals surface area (Å²) < 4.78 is 2.37. The highest BCUT2D eigenvalue weighted by molar-refractivity contribution is 7.07. The van der Waals surface area contributed by atoms with Crippen LogP contribution < -0.4 is 20.1 Å². The van der Waals surface area contributed by atoms with Gasteiger partial charge in [0.25, 0.3) is 11.2 Å². The van der Waals surface area contributed by atoms with Crippen LogP contribution in [-0.4, -0.2) is 22.3 Å². The van der Waals surface area contributed by atoms with E-state index in [2.05, 4.69) is 5.32 Å². The van der Waals surface area contributed by atoms with Crippen LogP contribution in [0.15, 0.2) is 23.0 Å². The van der Waals surface area contributed by atoms with Crippen molar-refractivity contribution in [3.8, 4) is 0 Å². The second-order valence-corrected chi connectivity index (χ2v) is 7.92. The number of anilines is 1. The molecule has 0 atom stereocenters. The van der Waals surface area contributed by atoms with Crippen LogP contribution >= 0.6 is 11.3 Å². The molecule has 0 aliphatic carbocycles. The molecule has 1 heterocycles. The molecule has 0 aliphatic heterocycles. The third-order valence-corrected chi connectivity index (χ3v) is 4.95. The van der Waals surface area contributed by atoms with Crippen LogP contribution in [0.4, 0.5) is 11.4 Å². The Bertz CT molecular complexity index is 1040. The predicted octanol–water partition coefficient (Wildman–Crippen LogP) is 1.62. The first-order chi connectivity index (χ1) is 12.0. The molecule has 0 amide bonds. The van der Waals surface area contributed by atoms with E-state index in [4.69, 9.17) is 0 Å². The van der Waals surface area contributed by atoms with Crippen molar-refractivity contribution in [2.24, 2.45) is 12.5 Å². The molecule has 0 unspecified atom stereocenters. The Kier molecular flexibility index (Phi) is 5.46. The van der Waals surface area contributed by atoms with Crippen molar-refractivity contribution in [3.63, 3.8) is 0 Å². The molecule has 0 saturated heterocycles. The van der Waals surface area contributed by atoms with Gasteiger partial charge < -0.3 is 9.88 Å². The van der Waals surface area contributed by atoms with Gasteiger partial charge >= 0.3 is 0 Å². The van der Waals surface area contributed by atoms with E-state index in [0.717, 1.165) is 0 Å². The van der Waals surface area contributed by atoms with Crippen molar-refractivity contribution in [1.29, 1.82) is 0 Å². The molecule has 2 rings (SSSR count). The maximum atomic E-state index is 12.4. The van der Waals surface area contributed by atoms with Crippen molar-refractivity contribution < 1.29 is 9.72 Å². The number of nitrogens with one attached hydrogen (secondary N) is 1. The number of rotatable bonds is 4. The monoisotopic (exact) mass is 375 g/mol. The van der Waals surface area contributed by atoms with Gasteiger partial charge in [-0.1, -0.05) is 26.8 Å². The summed E-state index contributed by atoms with van der Waals surface area (Å²) in [6.45, 7) is 5.44. The lowest BCUT2D eigenvalue weighted by atomic mass is 9.91. The summed E-state index contributed by atoms with van der Waals surface area (Å²) in [7, 11) is 3.21. The van der Waals surface area contributed by atoms with Crippen LogP contribution in [0.5, 0.6) is 0 Å². The number of nitro benzene ring substituents is 1. The fourth-order valence-corrected chi connectivity index (χ4v) is 3.22. The van der Waals surface area contributed by atoms with Crippen molar-refractivity contribution in [3.05, 3.63) is 53.4 Å². The third kappa shape index (κ3) is 4.08. The first-order valence-electron chi connectivity index (χ1n) is 7.94. The molecule has 7 nitrogen and oxygen atoms in total. The normalized spacial score (nSPS) is 13.1. The number of hydrogen-bond acceptors (Lipinski definition) is 6. The highest BCUT2D eigenvalue weighted by Crippen LogP contribution is 2.25. The lowest BCUT2D eigenvalue weighted by Crippen LogP contribution is -2.30. The third-order valence-electron chi connectivity index (χ3n) is 3.84. The van der Waals surface area contributed by atoms with Crippen molar-refractivity contribution in [2.45, 2.75) is 20.8 Å². The van der Waals surface area contributed by atoms with Crippen LogP contribution in [0.2, 0.25) is 0 Å². The largest absolute Gasteiger partial charge is 0.383 e. The molecule has 0 radical (unpaired) electrons. The van der Waals surface area contributed by atoms with Crippen LogP contribution in [0.1, 0.15) is 26.3 Å². The summed E-state index contributed by atoms with van der Waals surface area (Å²) >= 11 is 1.18. The van der Waals surface area contributed by atoms with Gasteiger partial charge in [0, 0.05) is 31.7 Å². The summed E-state index contributed by atoms with van der Waals surface area (Å²) in [6.07, 6.45) is 3.06. The second-order valence-electron chi connectivity index (χ2n) is 6.86. The van der Waals surface area contributed by atoms with Crippen LogP contribution in [-0.2, 0) is 11.8 Å². The number of ketones is 1. The van der Waals surface area contributed by atoms with Gasteiger partial charge in [0.05, 0.1) is 9.46 Å². The number of carbonyl (C=O) groups excluding carboxylic acids is 1. The molecule has 8 heteroatoms. The van der Waals surface area contributed by atoms with Crippen molar-refractivity contribution in [1.82, 2.24) is 4.57 Å². The highest BCUT2D eigenvalue weighted by atomic mass is 32.1. The standard InChI is InChI=1S/C18H21N3O4S/c1-18(2,3)15(22)10-16-20(5)17(23)14(26-16)9-11-6-7-12(19-4)13(8-11)21(24)25/h6-10,19H,1-5H3/b14-9-,16-10-. The number of Topliss-reactive ketones (excluding diaryl/α,β-unsaturated/α-hetero) is 1. The zero-order chi connectivity index (χ0) is 19.6. The average Bonchev–Trinajstić information content (AvgIpc) is 2.82. The molecular weight excluding hydrogens is 354 g/mol. The van der Waals surface area contributed by atoms with Gasteiger partial charge in [-0.15, -0.1) is 11.3 Å². The van der Waals surface area contributed by atoms with Gasteiger partial charge in [-0.25, -0.2) is 0 Å². The highest BCUT2D eigenvalue weighted by Gasteiger charge is 2.19. The van der Waals surface area contributed by atoms with E-state index in [9.17, 15) is 19.7 Å². The van der Waals surface area contributed by atoms with Gasteiger partial charge in [-0.2, -0.15) is 0 Å². The Morgan fingerprint density at radius 1 is 1.35 bits per heavy atom. The van der Waals surface area contributed by atoms with Crippen LogP contribution in [0.25, 0.3) is 12.2 Å². The van der Waals surface area contributed by atoms with E-state index in [1.807, 2.05) is 20.8 Å². The SMILES string of the molecule is CNc1ccc(/C=c2\s/c(=C\C(=O)C(C)(C)C)n(C)c2=O)cc1[N+](=O)[O-]. The lowest BCUT2D eigenvalue weighted by molar-refractivity contribution is -0.384. The molecule has 138 valence electrons. The zero-order valence-electron chi connectivity index (χ0n) is 15.3. The van der Waals surface area contributed by atoms with Gasteiger partial charge in [-0.05, 0) is 17.7 Å². The number of nitrogens with zero attached hydrogens (tertiary/aromatic N) is 2. The summed E-state index contributed by atoms with van der Waals surface area (Å²) in [5.74, 6) is -0.0742. The van der Waals surface area contributed by atoms with Crippen molar-refractivity contribution in [2.75, 3.05) is 12.4 Å². The molecule has 1 N–H and O–H groups in total. The fraction of sp³-hybridized carbons (Fsp3) is 0.333. The molecular formula is C18H21N3O4S. The summed E-state index contributed by atoms with van der Waals surface area (Å²) in [4.78, 5) is 35.3. The minimum atomic E-state index is -0.534. The number of hydrogen-bond donors (Lipinski definition) is 1. The predicted molar refractivity (Wildman–Crippen MR) is 104 cm³/mol. The first-order valence-corrected chi connectivity index (χ1v) is 8.76. The van der Waals surface area contributed by atoms with E-state index in [1.165, 1.54) is 28.0 Å². The van der Waals surface area contributed by atoms with E-state index in [0.29, 0.717) is 20.4 Å². The van der Waals surface area contributed by atoms with Gasteiger partial charge in [0.2, 0.25) is 0 Å². The molecule has 0 aliphatic rings. The van der Waals surface area contributed by atoms with E-state index < -0.39 is 10.3 Å². The smallest absolute Gasteiger partial charge is 0.292 e. The zero-order valence-corrected chi connectivity index (χ0v) is 16.1. The van der Waals surface area contributed by atoms with E-state index in [-0.39, 0.29) is 17.0 Å². The summed E-state index contributed by atoms with van der Waals surface area (Å²) in [5, 5.41) is 13.9. The number of benzene rings is 1. The number of aromatic nitrogens is 1. The minimum Gasteiger partial charge on any atom is -0.383 e. The van der Waals surface area contributed by atoms with Crippen LogP contribution in [0.3, 0.4) is 0 Å². The Hall–Kier alpha value is -2.74. The first kappa shape index (κ1) is 19.6. The lowest BCUT2D eigenvalue weighted by Gasteiger charge is -2.12. The Morgan fingerprint density at radius 3 is 2.54 bits per heavy atom. The molecule has 26 heavy (non-hydrogen) atoms. The average molecular weight is 375 g/mol. The molecule has 1 aromatic heterocycles. The molecule has 1 aromatic carbocycles. The second kappa shape index (κ2) is 7.25. The maximum Gasteiger partial charge on any atom is 0.292 e. The van der Waals surface area contributed by atoms with Gasteiger partial charge in [-0.3, -0.25) is 19.7 Å². The Balaban J connectivity index is 2.61. The minimum absolute atomic E-state index is 0.0654. The van der Waals surface area contributed by atoms with Crippen molar-refractivity contribution >= 4 is 40.6 Å². The number of thiazole rings is 1. The Labute approximate surface area is 154 Å². The van der Waals surface area contributed by atoms with Crippen LogP contribution in [0, 0.1) is 15.5 Å². The molecule has 2 aromatic rings. The van der Waals surface area contributed by atoms with E-state index >= 15 is 0 Å². The maximum absolute atomic E-state index is 12.4. The quantitative estimate of drug-likeness (QED) is 0.647. The van der Waals surface area contributed by atoms with Gasteiger partial charge in [0.15, 0.2) is 5.78 Å². The fourth-order valence-electron chi connectivity index (χ4n) is 2.19. The molecule has 0 bridgehead atoms. The topological polar surface area (TPSA) is 94.2 Å². The number of carbonyl (C=O) groups is 1. The molecule has 0 spiro atoms. The van der Waals surface area contributed by atoms with Gasteiger partial charge in [0.1, 0.15) is 10.4 Å². The number of nitro groups is 1. The molecule has 0 saturated carbocycles. The van der Waals surface area contributed by atoms with E-state index in [1.54, 1.807) is 32.3 Å². The molecule has 0 fully saturated rings.